The highest BCUT2D eigenvalue weighted by atomic mass is 32.2. The molecule has 2 radical (unpaired) electrons. The van der Waals surface area contributed by atoms with E-state index in [1.807, 2.05) is 0 Å². The SMILES string of the molecule is [B]C/C(=C/N)SCc1ccc(C)cc1C. The Labute approximate surface area is 97.5 Å². The quantitative estimate of drug-likeness (QED) is 0.784. The molecule has 0 aliphatic heterocycles. The molecule has 0 fully saturated rings. The van der Waals surface area contributed by atoms with E-state index in [2.05, 4.69) is 32.0 Å². The number of nitrogens with two attached hydrogens (primary N) is 1. The van der Waals surface area contributed by atoms with E-state index in [0.717, 1.165) is 10.7 Å². The summed E-state index contributed by atoms with van der Waals surface area (Å²) in [4.78, 5) is 1.04. The van der Waals surface area contributed by atoms with Gasteiger partial charge in [0.05, 0.1) is 7.85 Å². The minimum absolute atomic E-state index is 0.520. The van der Waals surface area contributed by atoms with Crippen LogP contribution in [0.15, 0.2) is 29.3 Å². The first kappa shape index (κ1) is 12.2. The zero-order valence-electron chi connectivity index (χ0n) is 9.29. The minimum Gasteiger partial charge on any atom is -0.404 e. The molecule has 0 saturated carbocycles. The van der Waals surface area contributed by atoms with Gasteiger partial charge in [-0.2, -0.15) is 0 Å². The zero-order valence-corrected chi connectivity index (χ0v) is 10.1. The lowest BCUT2D eigenvalue weighted by molar-refractivity contribution is 1.28. The van der Waals surface area contributed by atoms with Gasteiger partial charge in [0.25, 0.3) is 0 Å². The summed E-state index contributed by atoms with van der Waals surface area (Å²) in [7, 11) is 5.54. The maximum Gasteiger partial charge on any atom is 0.0724 e. The highest BCUT2D eigenvalue weighted by Gasteiger charge is 2.00. The maximum atomic E-state index is 5.54. The van der Waals surface area contributed by atoms with Crippen LogP contribution in [0.3, 0.4) is 0 Å². The van der Waals surface area contributed by atoms with E-state index < -0.39 is 0 Å². The summed E-state index contributed by atoms with van der Waals surface area (Å²) in [5.41, 5.74) is 9.42. The first-order valence-electron chi connectivity index (χ1n) is 4.97. The van der Waals surface area contributed by atoms with Crippen molar-refractivity contribution in [3.8, 4) is 0 Å². The Morgan fingerprint density at radius 1 is 1.47 bits per heavy atom. The normalized spacial score (nSPS) is 11.7. The van der Waals surface area contributed by atoms with Gasteiger partial charge >= 0.3 is 0 Å². The van der Waals surface area contributed by atoms with Crippen molar-refractivity contribution in [3.05, 3.63) is 46.0 Å². The van der Waals surface area contributed by atoms with Crippen LogP contribution < -0.4 is 5.73 Å². The number of allylic oxidation sites excluding steroid dienone is 1. The van der Waals surface area contributed by atoms with Crippen molar-refractivity contribution in [2.45, 2.75) is 25.9 Å². The van der Waals surface area contributed by atoms with Crippen LogP contribution in [0.1, 0.15) is 16.7 Å². The van der Waals surface area contributed by atoms with Crippen molar-refractivity contribution < 1.29 is 0 Å². The standard InChI is InChI=1S/C12H16BNS/c1-9-3-4-11(10(2)5-9)8-15-12(6-13)7-14/h3-5,7H,6,8,14H2,1-2H3/b12-7-. The number of benzene rings is 1. The third-order valence-corrected chi connectivity index (χ3v) is 3.43. The number of hydrogen-bond donors (Lipinski definition) is 1. The Hall–Kier alpha value is -0.825. The summed E-state index contributed by atoms with van der Waals surface area (Å²) < 4.78 is 0. The number of aryl methyl sites for hydroxylation is 2. The van der Waals surface area contributed by atoms with Gasteiger partial charge in [-0.1, -0.05) is 30.1 Å². The lowest BCUT2D eigenvalue weighted by Crippen LogP contribution is -1.90. The van der Waals surface area contributed by atoms with Crippen molar-refractivity contribution >= 4 is 19.6 Å². The van der Waals surface area contributed by atoms with Crippen LogP contribution in [0, 0.1) is 13.8 Å². The van der Waals surface area contributed by atoms with E-state index in [1.165, 1.54) is 16.7 Å². The van der Waals surface area contributed by atoms with E-state index >= 15 is 0 Å². The number of rotatable bonds is 4. The van der Waals surface area contributed by atoms with Crippen LogP contribution in [-0.2, 0) is 5.75 Å². The topological polar surface area (TPSA) is 26.0 Å². The van der Waals surface area contributed by atoms with Gasteiger partial charge in [-0.05, 0) is 29.9 Å². The molecular weight excluding hydrogens is 201 g/mol. The Kier molecular flexibility index (Phi) is 4.83. The predicted octanol–water partition coefficient (Wildman–Crippen LogP) is 2.92. The molecule has 0 amide bonds. The molecule has 0 aliphatic rings. The van der Waals surface area contributed by atoms with Gasteiger partial charge in [-0.15, -0.1) is 11.8 Å². The van der Waals surface area contributed by atoms with E-state index in [0.29, 0.717) is 6.32 Å². The fraction of sp³-hybridized carbons (Fsp3) is 0.333. The first-order chi connectivity index (χ1) is 7.17. The maximum absolute atomic E-state index is 5.54. The summed E-state index contributed by atoms with van der Waals surface area (Å²) in [5, 5.41) is 0. The molecule has 1 rings (SSSR count). The zero-order chi connectivity index (χ0) is 11.3. The first-order valence-corrected chi connectivity index (χ1v) is 5.95. The molecule has 0 aromatic heterocycles. The molecule has 0 saturated heterocycles. The van der Waals surface area contributed by atoms with Crippen LogP contribution in [0.25, 0.3) is 0 Å². The Morgan fingerprint density at radius 2 is 2.20 bits per heavy atom. The molecule has 1 aromatic rings. The van der Waals surface area contributed by atoms with E-state index in [4.69, 9.17) is 13.6 Å². The third kappa shape index (κ3) is 3.67. The molecule has 0 unspecified atom stereocenters. The molecule has 78 valence electrons. The fourth-order valence-electron chi connectivity index (χ4n) is 1.35. The van der Waals surface area contributed by atoms with Gasteiger partial charge in [0.1, 0.15) is 0 Å². The second kappa shape index (κ2) is 5.91. The second-order valence-corrected chi connectivity index (χ2v) is 4.66. The van der Waals surface area contributed by atoms with Crippen LogP contribution in [0.2, 0.25) is 6.32 Å². The Morgan fingerprint density at radius 3 is 2.73 bits per heavy atom. The molecule has 0 heterocycles. The molecule has 0 atom stereocenters. The Balaban J connectivity index is 2.65. The number of thioether (sulfide) groups is 1. The van der Waals surface area contributed by atoms with Crippen molar-refractivity contribution in [3.63, 3.8) is 0 Å². The van der Waals surface area contributed by atoms with Crippen LogP contribution in [0.5, 0.6) is 0 Å². The molecule has 3 heteroatoms. The average molecular weight is 217 g/mol. The summed E-state index contributed by atoms with van der Waals surface area (Å²) in [5.74, 6) is 0.937. The Bertz CT molecular complexity index is 361. The fourth-order valence-corrected chi connectivity index (χ4v) is 2.23. The van der Waals surface area contributed by atoms with Gasteiger partial charge in [0, 0.05) is 12.0 Å². The van der Waals surface area contributed by atoms with E-state index in [-0.39, 0.29) is 0 Å². The average Bonchev–Trinajstić information content (AvgIpc) is 2.22. The summed E-state index contributed by atoms with van der Waals surface area (Å²) in [6.45, 7) is 4.24. The summed E-state index contributed by atoms with van der Waals surface area (Å²) in [6, 6.07) is 6.50. The predicted molar refractivity (Wildman–Crippen MR) is 70.0 cm³/mol. The van der Waals surface area contributed by atoms with Gasteiger partial charge in [0.2, 0.25) is 0 Å². The highest BCUT2D eigenvalue weighted by Crippen LogP contribution is 2.24. The molecule has 2 N–H and O–H groups in total. The van der Waals surface area contributed by atoms with E-state index in [9.17, 15) is 0 Å². The lowest BCUT2D eigenvalue weighted by atomic mass is 10.1. The van der Waals surface area contributed by atoms with Crippen molar-refractivity contribution in [1.82, 2.24) is 0 Å². The molecule has 15 heavy (non-hydrogen) atoms. The third-order valence-electron chi connectivity index (χ3n) is 2.30. The van der Waals surface area contributed by atoms with E-state index in [1.54, 1.807) is 18.0 Å². The lowest BCUT2D eigenvalue weighted by Gasteiger charge is -2.07. The largest absolute Gasteiger partial charge is 0.404 e. The molecule has 0 spiro atoms. The monoisotopic (exact) mass is 217 g/mol. The molecular formula is C12H16BNS. The molecule has 1 nitrogen and oxygen atoms in total. The molecule has 0 aliphatic carbocycles. The summed E-state index contributed by atoms with van der Waals surface area (Å²) >= 11 is 1.71. The van der Waals surface area contributed by atoms with Crippen molar-refractivity contribution in [1.29, 1.82) is 0 Å². The smallest absolute Gasteiger partial charge is 0.0724 e. The van der Waals surface area contributed by atoms with Gasteiger partial charge < -0.3 is 5.73 Å². The van der Waals surface area contributed by atoms with Gasteiger partial charge in [0.15, 0.2) is 0 Å². The highest BCUT2D eigenvalue weighted by molar-refractivity contribution is 8.02. The van der Waals surface area contributed by atoms with Gasteiger partial charge in [-0.3, -0.25) is 0 Å². The van der Waals surface area contributed by atoms with Crippen molar-refractivity contribution in [2.24, 2.45) is 5.73 Å². The van der Waals surface area contributed by atoms with Crippen LogP contribution in [-0.4, -0.2) is 7.85 Å². The summed E-state index contributed by atoms with van der Waals surface area (Å²) in [6.07, 6.45) is 2.11. The second-order valence-electron chi connectivity index (χ2n) is 3.56. The minimum atomic E-state index is 0.520. The van der Waals surface area contributed by atoms with Gasteiger partial charge in [-0.25, -0.2) is 0 Å². The number of hydrogen-bond acceptors (Lipinski definition) is 2. The van der Waals surface area contributed by atoms with Crippen molar-refractivity contribution in [2.75, 3.05) is 0 Å². The molecule has 0 bridgehead atoms. The van der Waals surface area contributed by atoms with Crippen LogP contribution in [0.4, 0.5) is 0 Å². The molecule has 1 aromatic carbocycles. The van der Waals surface area contributed by atoms with Crippen LogP contribution >= 0.6 is 11.8 Å².